The van der Waals surface area contributed by atoms with Gasteiger partial charge in [-0.05, 0) is 30.7 Å². The number of thiazole rings is 2. The Morgan fingerprint density at radius 2 is 2.17 bits per heavy atom. The number of anilines is 1. The van der Waals surface area contributed by atoms with Crippen LogP contribution in [0.15, 0.2) is 29.8 Å². The number of aryl methyl sites for hydroxylation is 1. The molecule has 3 rings (SSSR count). The van der Waals surface area contributed by atoms with Crippen LogP contribution < -0.4 is 5.32 Å². The molecule has 124 valence electrons. The molecule has 0 aliphatic heterocycles. The van der Waals surface area contributed by atoms with Gasteiger partial charge in [-0.2, -0.15) is 0 Å². The zero-order valence-corrected chi connectivity index (χ0v) is 15.8. The van der Waals surface area contributed by atoms with Crippen LogP contribution in [0.3, 0.4) is 0 Å². The number of carbonyl (C=O) groups excluding carboxylic acids is 1. The molecule has 0 fully saturated rings. The van der Waals surface area contributed by atoms with E-state index in [0.717, 1.165) is 21.1 Å². The van der Waals surface area contributed by atoms with Crippen molar-refractivity contribution in [1.82, 2.24) is 9.97 Å². The van der Waals surface area contributed by atoms with E-state index in [9.17, 15) is 4.79 Å². The van der Waals surface area contributed by atoms with Gasteiger partial charge in [0.2, 0.25) is 5.91 Å². The van der Waals surface area contributed by atoms with Crippen LogP contribution in [-0.4, -0.2) is 15.9 Å². The molecule has 24 heavy (non-hydrogen) atoms. The van der Waals surface area contributed by atoms with Crippen molar-refractivity contribution in [2.45, 2.75) is 19.8 Å². The minimum absolute atomic E-state index is 0.123. The van der Waals surface area contributed by atoms with E-state index in [2.05, 4.69) is 15.3 Å². The zero-order chi connectivity index (χ0) is 17.1. The van der Waals surface area contributed by atoms with Crippen molar-refractivity contribution in [3.8, 4) is 0 Å². The largest absolute Gasteiger partial charge is 0.302 e. The first-order chi connectivity index (χ1) is 11.5. The molecule has 1 aromatic carbocycles. The number of aromatic nitrogens is 2. The molecule has 0 spiro atoms. The van der Waals surface area contributed by atoms with E-state index in [4.69, 9.17) is 23.2 Å². The molecule has 4 nitrogen and oxygen atoms in total. The maximum atomic E-state index is 12.0. The lowest BCUT2D eigenvalue weighted by molar-refractivity contribution is -0.115. The number of benzene rings is 1. The second kappa shape index (κ2) is 7.61. The average Bonchev–Trinajstić information content (AvgIpc) is 3.12. The monoisotopic (exact) mass is 397 g/mol. The highest BCUT2D eigenvalue weighted by atomic mass is 35.5. The Labute approximate surface area is 157 Å². The Balaban J connectivity index is 1.63. The summed E-state index contributed by atoms with van der Waals surface area (Å²) in [6.45, 7) is 1.92. The van der Waals surface area contributed by atoms with Crippen LogP contribution in [0, 0.1) is 6.92 Å². The summed E-state index contributed by atoms with van der Waals surface area (Å²) < 4.78 is 0. The zero-order valence-electron chi connectivity index (χ0n) is 12.7. The Bertz CT molecular complexity index is 876. The third kappa shape index (κ3) is 4.54. The van der Waals surface area contributed by atoms with Crippen molar-refractivity contribution in [2.24, 2.45) is 0 Å². The Kier molecular flexibility index (Phi) is 5.50. The van der Waals surface area contributed by atoms with E-state index in [-0.39, 0.29) is 12.3 Å². The van der Waals surface area contributed by atoms with E-state index in [1.807, 2.05) is 18.4 Å². The highest BCUT2D eigenvalue weighted by molar-refractivity contribution is 7.15. The lowest BCUT2D eigenvalue weighted by Gasteiger charge is -2.02. The molecule has 0 unspecified atom stereocenters. The summed E-state index contributed by atoms with van der Waals surface area (Å²) in [6, 6.07) is 5.37. The van der Waals surface area contributed by atoms with Crippen LogP contribution in [0.4, 0.5) is 5.13 Å². The molecule has 1 N–H and O–H groups in total. The van der Waals surface area contributed by atoms with Crippen molar-refractivity contribution >= 4 is 56.9 Å². The molecule has 0 aliphatic carbocycles. The summed E-state index contributed by atoms with van der Waals surface area (Å²) in [7, 11) is 0. The minimum atomic E-state index is -0.123. The number of carbonyl (C=O) groups is 1. The molecule has 1 amide bonds. The number of hydrogen-bond donors (Lipinski definition) is 1. The Hall–Kier alpha value is -1.47. The minimum Gasteiger partial charge on any atom is -0.302 e. The molecule has 2 heterocycles. The standard InChI is InChI=1S/C16H13Cl2N3OS2/c1-9-20-12(8-23-9)6-15(22)21-16-19-7-13(24-16)5-10-4-11(17)2-3-14(10)18/h2-4,7-8H,5-6H2,1H3,(H,19,21,22). The van der Waals surface area contributed by atoms with Gasteiger partial charge < -0.3 is 5.32 Å². The van der Waals surface area contributed by atoms with E-state index in [0.29, 0.717) is 21.6 Å². The molecular formula is C16H13Cl2N3OS2. The molecule has 0 radical (unpaired) electrons. The number of hydrogen-bond acceptors (Lipinski definition) is 5. The molecule has 0 aliphatic rings. The van der Waals surface area contributed by atoms with Gasteiger partial charge in [-0.1, -0.05) is 23.2 Å². The fourth-order valence-corrected chi connectivity index (χ4v) is 3.97. The molecule has 0 atom stereocenters. The van der Waals surface area contributed by atoms with Gasteiger partial charge in [0.25, 0.3) is 0 Å². The third-order valence-corrected chi connectivity index (χ3v) is 5.52. The summed E-state index contributed by atoms with van der Waals surface area (Å²) in [4.78, 5) is 21.6. The van der Waals surface area contributed by atoms with Crippen LogP contribution in [-0.2, 0) is 17.6 Å². The molecule has 0 saturated heterocycles. The Morgan fingerprint density at radius 1 is 1.33 bits per heavy atom. The van der Waals surface area contributed by atoms with Crippen molar-refractivity contribution in [2.75, 3.05) is 5.32 Å². The van der Waals surface area contributed by atoms with Crippen molar-refractivity contribution in [3.05, 3.63) is 61.0 Å². The number of nitrogens with zero attached hydrogens (tertiary/aromatic N) is 2. The summed E-state index contributed by atoms with van der Waals surface area (Å²) in [5, 5.41) is 7.53. The first-order valence-electron chi connectivity index (χ1n) is 7.09. The maximum Gasteiger partial charge on any atom is 0.232 e. The summed E-state index contributed by atoms with van der Waals surface area (Å²) in [5.74, 6) is -0.123. The number of rotatable bonds is 5. The molecule has 0 saturated carbocycles. The van der Waals surface area contributed by atoms with Gasteiger partial charge in [0.1, 0.15) is 0 Å². The van der Waals surface area contributed by atoms with E-state index >= 15 is 0 Å². The second-order valence-electron chi connectivity index (χ2n) is 5.13. The predicted octanol–water partition coefficient (Wildman–Crippen LogP) is 4.99. The van der Waals surface area contributed by atoms with Gasteiger partial charge in [0, 0.05) is 32.9 Å². The third-order valence-electron chi connectivity index (χ3n) is 3.18. The van der Waals surface area contributed by atoms with Crippen LogP contribution >= 0.6 is 45.9 Å². The molecule has 8 heteroatoms. The van der Waals surface area contributed by atoms with E-state index in [1.54, 1.807) is 18.3 Å². The smallest absolute Gasteiger partial charge is 0.232 e. The van der Waals surface area contributed by atoms with Gasteiger partial charge >= 0.3 is 0 Å². The lowest BCUT2D eigenvalue weighted by Crippen LogP contribution is -2.14. The van der Waals surface area contributed by atoms with Gasteiger partial charge in [-0.15, -0.1) is 22.7 Å². The number of amides is 1. The maximum absolute atomic E-state index is 12.0. The van der Waals surface area contributed by atoms with Crippen molar-refractivity contribution in [3.63, 3.8) is 0 Å². The highest BCUT2D eigenvalue weighted by Crippen LogP contribution is 2.27. The highest BCUT2D eigenvalue weighted by Gasteiger charge is 2.11. The van der Waals surface area contributed by atoms with Crippen molar-refractivity contribution in [1.29, 1.82) is 0 Å². The summed E-state index contributed by atoms with van der Waals surface area (Å²) in [5.41, 5.74) is 1.71. The van der Waals surface area contributed by atoms with Crippen LogP contribution in [0.25, 0.3) is 0 Å². The molecular weight excluding hydrogens is 385 g/mol. The number of nitrogens with one attached hydrogen (secondary N) is 1. The van der Waals surface area contributed by atoms with Crippen LogP contribution in [0.1, 0.15) is 21.1 Å². The van der Waals surface area contributed by atoms with Gasteiger partial charge in [-0.3, -0.25) is 4.79 Å². The van der Waals surface area contributed by atoms with Gasteiger partial charge in [0.05, 0.1) is 17.1 Å². The summed E-state index contributed by atoms with van der Waals surface area (Å²) >= 11 is 15.1. The fourth-order valence-electron chi connectivity index (χ4n) is 2.13. The molecule has 3 aromatic rings. The van der Waals surface area contributed by atoms with Crippen molar-refractivity contribution < 1.29 is 4.79 Å². The molecule has 2 aromatic heterocycles. The van der Waals surface area contributed by atoms with Crippen LogP contribution in [0.5, 0.6) is 0 Å². The normalized spacial score (nSPS) is 10.8. The average molecular weight is 398 g/mol. The predicted molar refractivity (Wildman–Crippen MR) is 101 cm³/mol. The summed E-state index contributed by atoms with van der Waals surface area (Å²) in [6.07, 6.45) is 2.61. The van der Waals surface area contributed by atoms with E-state index < -0.39 is 0 Å². The van der Waals surface area contributed by atoms with Gasteiger partial charge in [-0.25, -0.2) is 9.97 Å². The Morgan fingerprint density at radius 3 is 2.92 bits per heavy atom. The second-order valence-corrected chi connectivity index (χ2v) is 8.15. The number of halogens is 2. The topological polar surface area (TPSA) is 54.9 Å². The lowest BCUT2D eigenvalue weighted by atomic mass is 10.1. The van der Waals surface area contributed by atoms with Crippen LogP contribution in [0.2, 0.25) is 10.0 Å². The SMILES string of the molecule is Cc1nc(CC(=O)Nc2ncc(Cc3cc(Cl)ccc3Cl)s2)cs1. The first kappa shape index (κ1) is 17.4. The van der Waals surface area contributed by atoms with E-state index in [1.165, 1.54) is 22.7 Å². The first-order valence-corrected chi connectivity index (χ1v) is 9.54. The fraction of sp³-hybridized carbons (Fsp3) is 0.188. The quantitative estimate of drug-likeness (QED) is 0.659. The molecule has 0 bridgehead atoms. The van der Waals surface area contributed by atoms with Gasteiger partial charge in [0.15, 0.2) is 5.13 Å².